The average molecular weight is 592 g/mol. The van der Waals surface area contributed by atoms with Crippen LogP contribution in [0.3, 0.4) is 0 Å². The molecule has 4 aliphatic carbocycles. The summed E-state index contributed by atoms with van der Waals surface area (Å²) >= 11 is 3.49. The van der Waals surface area contributed by atoms with Gasteiger partial charge >= 0.3 is 0 Å². The van der Waals surface area contributed by atoms with Gasteiger partial charge in [0.05, 0.1) is 6.61 Å². The first kappa shape index (κ1) is 27.4. The molecule has 3 saturated carbocycles. The number of hydrogen-bond donors (Lipinski definition) is 1. The van der Waals surface area contributed by atoms with Gasteiger partial charge in [0.1, 0.15) is 5.78 Å². The van der Waals surface area contributed by atoms with Crippen LogP contribution >= 0.6 is 15.9 Å². The van der Waals surface area contributed by atoms with Gasteiger partial charge in [-0.2, -0.15) is 0 Å². The number of allylic oxidation sites excluding steroid dienone is 1. The summed E-state index contributed by atoms with van der Waals surface area (Å²) in [4.78, 5) is 13.5. The van der Waals surface area contributed by atoms with Crippen molar-refractivity contribution in [2.45, 2.75) is 91.0 Å². The van der Waals surface area contributed by atoms with Crippen LogP contribution in [0.1, 0.15) is 83.3 Å². The summed E-state index contributed by atoms with van der Waals surface area (Å²) in [5, 5.41) is 11.5. The van der Waals surface area contributed by atoms with Gasteiger partial charge in [-0.1, -0.05) is 83.9 Å². The van der Waals surface area contributed by atoms with Gasteiger partial charge in [0, 0.05) is 22.7 Å². The number of ketones is 1. The number of halogens is 1. The van der Waals surface area contributed by atoms with Crippen molar-refractivity contribution in [3.8, 4) is 0 Å². The third-order valence-corrected chi connectivity index (χ3v) is 12.5. The van der Waals surface area contributed by atoms with E-state index in [1.807, 2.05) is 31.2 Å². The molecule has 0 aromatic heterocycles. The highest BCUT2D eigenvalue weighted by molar-refractivity contribution is 9.10. The summed E-state index contributed by atoms with van der Waals surface area (Å²) in [5.41, 5.74) is 3.66. The van der Waals surface area contributed by atoms with Crippen LogP contribution in [0.2, 0.25) is 0 Å². The SMILES string of the molecule is CC(=O)C1(Cc2ccccc2)CCC2C3CC=C4CC(O)(OCc5ccc(Br)cc5)CCC4(C)C3CCC21C. The van der Waals surface area contributed by atoms with Crippen molar-refractivity contribution < 1.29 is 14.6 Å². The van der Waals surface area contributed by atoms with Crippen LogP contribution in [0.4, 0.5) is 0 Å². The van der Waals surface area contributed by atoms with Crippen LogP contribution in [0, 0.1) is 34.0 Å². The molecule has 0 spiro atoms. The highest BCUT2D eigenvalue weighted by atomic mass is 79.9. The van der Waals surface area contributed by atoms with Gasteiger partial charge < -0.3 is 9.84 Å². The minimum absolute atomic E-state index is 0.0424. The van der Waals surface area contributed by atoms with Crippen LogP contribution in [0.5, 0.6) is 0 Å². The van der Waals surface area contributed by atoms with Crippen molar-refractivity contribution in [2.75, 3.05) is 0 Å². The normalized spacial score (nSPS) is 39.3. The molecule has 7 unspecified atom stereocenters. The van der Waals surface area contributed by atoms with Gasteiger partial charge in [0.25, 0.3) is 0 Å². The predicted octanol–water partition coefficient (Wildman–Crippen LogP) is 8.44. The monoisotopic (exact) mass is 590 g/mol. The number of benzene rings is 2. The van der Waals surface area contributed by atoms with E-state index in [0.717, 1.165) is 48.6 Å². The van der Waals surface area contributed by atoms with Gasteiger partial charge in [-0.3, -0.25) is 4.79 Å². The van der Waals surface area contributed by atoms with E-state index in [0.29, 0.717) is 43.0 Å². The van der Waals surface area contributed by atoms with Crippen molar-refractivity contribution in [1.29, 1.82) is 0 Å². The first-order chi connectivity index (χ1) is 18.6. The number of carbonyl (C=O) groups is 1. The van der Waals surface area contributed by atoms with E-state index in [1.165, 1.54) is 17.6 Å². The van der Waals surface area contributed by atoms with Gasteiger partial charge in [-0.15, -0.1) is 0 Å². The molecule has 0 heterocycles. The third kappa shape index (κ3) is 4.50. The van der Waals surface area contributed by atoms with Crippen molar-refractivity contribution in [2.24, 2.45) is 34.0 Å². The van der Waals surface area contributed by atoms with Crippen LogP contribution < -0.4 is 0 Å². The summed E-state index contributed by atoms with van der Waals surface area (Å²) in [6, 6.07) is 18.8. The highest BCUT2D eigenvalue weighted by Crippen LogP contribution is 2.70. The molecule has 4 aliphatic rings. The zero-order valence-corrected chi connectivity index (χ0v) is 25.3. The Kier molecular flexibility index (Phi) is 7.00. The Balaban J connectivity index is 1.22. The number of Topliss-reactive ketones (excluding diaryl/α,β-unsaturated/α-hetero) is 1. The molecule has 6 rings (SSSR count). The molecule has 0 amide bonds. The van der Waals surface area contributed by atoms with Crippen LogP contribution in [-0.4, -0.2) is 16.7 Å². The lowest BCUT2D eigenvalue weighted by Gasteiger charge is -2.60. The molecular weight excluding hydrogens is 548 g/mol. The molecule has 0 radical (unpaired) electrons. The zero-order valence-electron chi connectivity index (χ0n) is 23.7. The highest BCUT2D eigenvalue weighted by Gasteiger charge is 2.65. The van der Waals surface area contributed by atoms with E-state index in [1.54, 1.807) is 0 Å². The van der Waals surface area contributed by atoms with Crippen molar-refractivity contribution in [1.82, 2.24) is 0 Å². The quantitative estimate of drug-likeness (QED) is 0.271. The summed E-state index contributed by atoms with van der Waals surface area (Å²) in [7, 11) is 0. The number of carbonyl (C=O) groups excluding carboxylic acids is 1. The molecule has 2 aromatic rings. The van der Waals surface area contributed by atoms with Gasteiger partial charge in [0.15, 0.2) is 5.79 Å². The molecule has 1 N–H and O–H groups in total. The number of rotatable bonds is 6. The van der Waals surface area contributed by atoms with Gasteiger partial charge in [-0.25, -0.2) is 0 Å². The molecule has 0 saturated heterocycles. The minimum atomic E-state index is -1.10. The molecule has 2 aromatic carbocycles. The Morgan fingerprint density at radius 3 is 2.38 bits per heavy atom. The van der Waals surface area contributed by atoms with Crippen LogP contribution in [0.25, 0.3) is 0 Å². The first-order valence-electron chi connectivity index (χ1n) is 14.9. The number of aliphatic hydroxyl groups is 1. The average Bonchev–Trinajstić information content (AvgIpc) is 3.23. The van der Waals surface area contributed by atoms with Crippen molar-refractivity contribution >= 4 is 21.7 Å². The summed E-state index contributed by atoms with van der Waals surface area (Å²) in [5.74, 6) is 1.10. The molecule has 0 aliphatic heterocycles. The summed E-state index contributed by atoms with van der Waals surface area (Å²) in [6.45, 7) is 7.21. The third-order valence-electron chi connectivity index (χ3n) is 11.9. The second kappa shape index (κ2) is 9.96. The smallest absolute Gasteiger partial charge is 0.169 e. The maximum atomic E-state index is 13.5. The first-order valence-corrected chi connectivity index (χ1v) is 15.7. The molecular formula is C35H43BrO3. The number of ether oxygens (including phenoxy) is 1. The van der Waals surface area contributed by atoms with Crippen LogP contribution in [0.15, 0.2) is 70.7 Å². The second-order valence-corrected chi connectivity index (χ2v) is 14.5. The zero-order chi connectivity index (χ0) is 27.5. The Labute approximate surface area is 242 Å². The maximum Gasteiger partial charge on any atom is 0.169 e. The van der Waals surface area contributed by atoms with Crippen molar-refractivity contribution in [3.05, 3.63) is 81.8 Å². The lowest BCUT2D eigenvalue weighted by Crippen LogP contribution is -2.55. The van der Waals surface area contributed by atoms with Gasteiger partial charge in [0.2, 0.25) is 0 Å². The molecule has 7 atom stereocenters. The molecule has 4 heteroatoms. The Morgan fingerprint density at radius 1 is 0.949 bits per heavy atom. The van der Waals surface area contributed by atoms with E-state index in [-0.39, 0.29) is 16.2 Å². The van der Waals surface area contributed by atoms with Crippen LogP contribution in [-0.2, 0) is 22.6 Å². The summed E-state index contributed by atoms with van der Waals surface area (Å²) in [6.07, 6.45) is 11.1. The second-order valence-electron chi connectivity index (χ2n) is 13.6. The largest absolute Gasteiger partial charge is 0.365 e. The van der Waals surface area contributed by atoms with E-state index in [9.17, 15) is 9.90 Å². The fraction of sp³-hybridized carbons (Fsp3) is 0.571. The fourth-order valence-corrected chi connectivity index (χ4v) is 9.88. The lowest BCUT2D eigenvalue weighted by atomic mass is 9.44. The molecule has 39 heavy (non-hydrogen) atoms. The van der Waals surface area contributed by atoms with E-state index in [2.05, 4.69) is 66.2 Å². The van der Waals surface area contributed by atoms with Crippen molar-refractivity contribution in [3.63, 3.8) is 0 Å². The van der Waals surface area contributed by atoms with E-state index in [4.69, 9.17) is 4.74 Å². The molecule has 208 valence electrons. The van der Waals surface area contributed by atoms with Gasteiger partial charge in [-0.05, 0) is 104 Å². The Hall–Kier alpha value is -1.75. The molecule has 3 fully saturated rings. The standard InChI is InChI=1S/C35H43BrO3/c1-24(37)34(21-25-7-5-4-6-8-25)18-16-31-29-14-11-27-22-35(38,39-23-26-9-12-28(36)13-10-26)20-19-32(27,2)30(29)15-17-33(31,34)3/h4-13,29-31,38H,14-23H2,1-3H3. The minimum Gasteiger partial charge on any atom is -0.365 e. The van der Waals surface area contributed by atoms with E-state index < -0.39 is 5.79 Å². The topological polar surface area (TPSA) is 46.5 Å². The Morgan fingerprint density at radius 2 is 1.67 bits per heavy atom. The maximum absolute atomic E-state index is 13.5. The molecule has 0 bridgehead atoms. The fourth-order valence-electron chi connectivity index (χ4n) is 9.61. The Bertz CT molecular complexity index is 1250. The number of hydrogen-bond acceptors (Lipinski definition) is 3. The number of fused-ring (bicyclic) bond motifs is 5. The summed E-state index contributed by atoms with van der Waals surface area (Å²) < 4.78 is 7.23. The lowest BCUT2D eigenvalue weighted by molar-refractivity contribution is -0.231. The van der Waals surface area contributed by atoms with E-state index >= 15 is 0 Å². The predicted molar refractivity (Wildman–Crippen MR) is 159 cm³/mol. The molecule has 3 nitrogen and oxygen atoms in total.